The molecule has 2 aliphatic carbocycles. The molecule has 0 N–H and O–H groups in total. The van der Waals surface area contributed by atoms with Crippen LogP contribution in [0.1, 0.15) is 108 Å². The van der Waals surface area contributed by atoms with Crippen LogP contribution in [0.2, 0.25) is 0 Å². The Balaban J connectivity index is 1.95. The van der Waals surface area contributed by atoms with Crippen molar-refractivity contribution in [3.05, 3.63) is 54.1 Å². The van der Waals surface area contributed by atoms with Crippen molar-refractivity contribution < 1.29 is 0 Å². The van der Waals surface area contributed by atoms with E-state index >= 15 is 0 Å². The van der Waals surface area contributed by atoms with E-state index in [0.29, 0.717) is 11.8 Å². The fraction of sp³-hybridized carbons (Fsp3) is 0.667. The molecule has 0 bridgehead atoms. The van der Waals surface area contributed by atoms with Gasteiger partial charge in [0.15, 0.2) is 0 Å². The molecule has 0 spiro atoms. The molecule has 166 valence electrons. The van der Waals surface area contributed by atoms with E-state index in [1.54, 1.807) is 5.57 Å². The van der Waals surface area contributed by atoms with Crippen LogP contribution in [0.4, 0.5) is 0 Å². The second kappa shape index (κ2) is 11.9. The maximum atomic E-state index is 4.81. The summed E-state index contributed by atoms with van der Waals surface area (Å²) in [5.41, 5.74) is 5.78. The molecule has 2 unspecified atom stereocenters. The van der Waals surface area contributed by atoms with Gasteiger partial charge in [-0.1, -0.05) is 101 Å². The first-order valence-corrected chi connectivity index (χ1v) is 13.1. The minimum absolute atomic E-state index is 0.587. The lowest BCUT2D eigenvalue weighted by molar-refractivity contribution is 0.167. The van der Waals surface area contributed by atoms with Gasteiger partial charge in [-0.2, -0.15) is 0 Å². The maximum absolute atomic E-state index is 4.81. The highest BCUT2D eigenvalue weighted by Gasteiger charge is 2.39. The second-order valence-electron chi connectivity index (χ2n) is 10.3. The van der Waals surface area contributed by atoms with E-state index in [9.17, 15) is 0 Å². The van der Waals surface area contributed by atoms with Crippen molar-refractivity contribution >= 4 is 5.57 Å². The van der Waals surface area contributed by atoms with Gasteiger partial charge in [-0.05, 0) is 85.8 Å². The van der Waals surface area contributed by atoms with Crippen molar-refractivity contribution in [3.63, 3.8) is 0 Å². The molecule has 0 heterocycles. The minimum atomic E-state index is 0.587. The van der Waals surface area contributed by atoms with Gasteiger partial charge >= 0.3 is 0 Å². The lowest BCUT2D eigenvalue weighted by Gasteiger charge is -2.43. The van der Waals surface area contributed by atoms with Crippen LogP contribution in [-0.4, -0.2) is 0 Å². The molecule has 3 rings (SSSR count). The molecule has 0 heteroatoms. The highest BCUT2D eigenvalue weighted by molar-refractivity contribution is 5.69. The third-order valence-electron chi connectivity index (χ3n) is 8.17. The summed E-state index contributed by atoms with van der Waals surface area (Å²) in [6, 6.07) is 8.97. The van der Waals surface area contributed by atoms with E-state index in [1.165, 1.54) is 107 Å². The molecule has 1 aromatic carbocycles. The minimum Gasteiger partial charge on any atom is -0.0995 e. The Morgan fingerprint density at radius 1 is 0.833 bits per heavy atom. The molecule has 0 nitrogen and oxygen atoms in total. The van der Waals surface area contributed by atoms with Crippen LogP contribution >= 0.6 is 0 Å². The summed E-state index contributed by atoms with van der Waals surface area (Å²) < 4.78 is 0. The average Bonchev–Trinajstić information content (AvgIpc) is 2.78. The molecule has 0 radical (unpaired) electrons. The van der Waals surface area contributed by atoms with Gasteiger partial charge in [0, 0.05) is 0 Å². The molecular formula is C30H46. The Morgan fingerprint density at radius 2 is 1.40 bits per heavy atom. The average molecular weight is 407 g/mol. The number of allylic oxidation sites excluding steroid dienone is 2. The van der Waals surface area contributed by atoms with E-state index in [1.807, 2.05) is 0 Å². The summed E-state index contributed by atoms with van der Waals surface area (Å²) in [7, 11) is 0. The SMILES string of the molecule is C=C(CCCCC)C(C1CCCCC1)C(C(=C)c1ccccc1C)C1CCCCC1. The Hall–Kier alpha value is -1.30. The molecule has 0 aromatic heterocycles. The first-order chi connectivity index (χ1) is 14.6. The van der Waals surface area contributed by atoms with Gasteiger partial charge in [-0.25, -0.2) is 0 Å². The largest absolute Gasteiger partial charge is 0.0995 e. The molecule has 0 saturated heterocycles. The van der Waals surface area contributed by atoms with E-state index in [2.05, 4.69) is 38.1 Å². The summed E-state index contributed by atoms with van der Waals surface area (Å²) >= 11 is 0. The van der Waals surface area contributed by atoms with Crippen molar-refractivity contribution in [2.75, 3.05) is 0 Å². The van der Waals surface area contributed by atoms with E-state index in [0.717, 1.165) is 11.8 Å². The van der Waals surface area contributed by atoms with E-state index in [-0.39, 0.29) is 0 Å². The molecule has 2 saturated carbocycles. The van der Waals surface area contributed by atoms with Gasteiger partial charge in [0.2, 0.25) is 0 Å². The van der Waals surface area contributed by atoms with Crippen LogP contribution < -0.4 is 0 Å². The number of hydrogen-bond acceptors (Lipinski definition) is 0. The number of aryl methyl sites for hydroxylation is 1. The first-order valence-electron chi connectivity index (χ1n) is 13.1. The number of hydrogen-bond donors (Lipinski definition) is 0. The fourth-order valence-electron chi connectivity index (χ4n) is 6.54. The van der Waals surface area contributed by atoms with Crippen molar-refractivity contribution in [1.82, 2.24) is 0 Å². The van der Waals surface area contributed by atoms with E-state index < -0.39 is 0 Å². The molecule has 1 aromatic rings. The molecule has 0 aliphatic heterocycles. The number of rotatable bonds is 10. The Kier molecular flexibility index (Phi) is 9.28. The van der Waals surface area contributed by atoms with Crippen molar-refractivity contribution in [3.8, 4) is 0 Å². The monoisotopic (exact) mass is 406 g/mol. The maximum Gasteiger partial charge on any atom is -0.00653 e. The van der Waals surface area contributed by atoms with Gasteiger partial charge in [-0.3, -0.25) is 0 Å². The lowest BCUT2D eigenvalue weighted by Crippen LogP contribution is -2.34. The van der Waals surface area contributed by atoms with Gasteiger partial charge in [0.05, 0.1) is 0 Å². The normalized spacial score (nSPS) is 20.6. The van der Waals surface area contributed by atoms with Gasteiger partial charge in [-0.15, -0.1) is 0 Å². The standard InChI is InChI=1S/C30H46/c1-5-6-9-17-24(3)29(26-18-10-7-11-19-26)30(27-20-12-8-13-21-27)25(4)28-22-15-14-16-23(28)2/h14-16,22,26-27,29-30H,3-13,17-21H2,1-2H3. The highest BCUT2D eigenvalue weighted by atomic mass is 14.4. The van der Waals surface area contributed by atoms with Crippen LogP contribution in [0.5, 0.6) is 0 Å². The molecule has 2 fully saturated rings. The zero-order chi connectivity index (χ0) is 21.3. The van der Waals surface area contributed by atoms with Gasteiger partial charge < -0.3 is 0 Å². The number of benzene rings is 1. The summed E-state index contributed by atoms with van der Waals surface area (Å²) in [4.78, 5) is 0. The Bertz CT molecular complexity index is 669. The fourth-order valence-corrected chi connectivity index (χ4v) is 6.54. The van der Waals surface area contributed by atoms with Crippen molar-refractivity contribution in [2.45, 2.75) is 104 Å². The van der Waals surface area contributed by atoms with Crippen LogP contribution in [0.25, 0.3) is 5.57 Å². The third-order valence-corrected chi connectivity index (χ3v) is 8.17. The topological polar surface area (TPSA) is 0 Å². The third kappa shape index (κ3) is 5.89. The Labute approximate surface area is 187 Å². The molecule has 2 atom stereocenters. The number of unbranched alkanes of at least 4 members (excludes halogenated alkanes) is 2. The zero-order valence-electron chi connectivity index (χ0n) is 19.9. The molecule has 2 aliphatic rings. The van der Waals surface area contributed by atoms with Gasteiger partial charge in [0.25, 0.3) is 0 Å². The summed E-state index contributed by atoms with van der Waals surface area (Å²) in [6.45, 7) is 14.2. The summed E-state index contributed by atoms with van der Waals surface area (Å²) in [6.07, 6.45) is 19.2. The quantitative estimate of drug-likeness (QED) is 0.268. The smallest absolute Gasteiger partial charge is 0.00653 e. The van der Waals surface area contributed by atoms with Crippen molar-refractivity contribution in [1.29, 1.82) is 0 Å². The van der Waals surface area contributed by atoms with Crippen LogP contribution in [0.15, 0.2) is 43.0 Å². The Morgan fingerprint density at radius 3 is 1.97 bits per heavy atom. The second-order valence-corrected chi connectivity index (χ2v) is 10.3. The van der Waals surface area contributed by atoms with Crippen LogP contribution in [0, 0.1) is 30.6 Å². The lowest BCUT2D eigenvalue weighted by atomic mass is 9.61. The van der Waals surface area contributed by atoms with Crippen molar-refractivity contribution in [2.24, 2.45) is 23.7 Å². The summed E-state index contributed by atoms with van der Waals surface area (Å²) in [5.74, 6) is 2.84. The molecular weight excluding hydrogens is 360 g/mol. The highest BCUT2D eigenvalue weighted by Crippen LogP contribution is 2.50. The van der Waals surface area contributed by atoms with Crippen LogP contribution in [-0.2, 0) is 0 Å². The van der Waals surface area contributed by atoms with E-state index in [4.69, 9.17) is 13.2 Å². The first kappa shape index (κ1) is 23.4. The molecule has 30 heavy (non-hydrogen) atoms. The summed E-state index contributed by atoms with van der Waals surface area (Å²) in [5, 5.41) is 0. The van der Waals surface area contributed by atoms with Gasteiger partial charge in [0.1, 0.15) is 0 Å². The van der Waals surface area contributed by atoms with Crippen LogP contribution in [0.3, 0.4) is 0 Å². The zero-order valence-corrected chi connectivity index (χ0v) is 19.9. The predicted octanol–water partition coefficient (Wildman–Crippen LogP) is 9.54. The molecule has 0 amide bonds. The predicted molar refractivity (Wildman–Crippen MR) is 134 cm³/mol.